The first kappa shape index (κ1) is 12.2. The quantitative estimate of drug-likeness (QED) is 0.814. The Hall–Kier alpha value is -1.29. The lowest BCUT2D eigenvalue weighted by molar-refractivity contribution is -0.145. The molecule has 1 aromatic heterocycles. The van der Waals surface area contributed by atoms with Gasteiger partial charge < -0.3 is 14.5 Å². The third kappa shape index (κ3) is 2.88. The van der Waals surface area contributed by atoms with E-state index in [4.69, 9.17) is 9.15 Å². The smallest absolute Gasteiger partial charge is 0.310 e. The fourth-order valence-electron chi connectivity index (χ4n) is 2.45. The third-order valence-corrected chi connectivity index (χ3v) is 3.35. The van der Waals surface area contributed by atoms with Crippen molar-refractivity contribution < 1.29 is 13.9 Å². The molecule has 1 heterocycles. The van der Waals surface area contributed by atoms with Crippen molar-refractivity contribution in [3.63, 3.8) is 0 Å². The molecule has 94 valence electrons. The highest BCUT2D eigenvalue weighted by atomic mass is 16.5. The third-order valence-electron chi connectivity index (χ3n) is 3.35. The van der Waals surface area contributed by atoms with Crippen LogP contribution in [0.5, 0.6) is 0 Å². The van der Waals surface area contributed by atoms with Crippen LogP contribution in [0, 0.1) is 12.8 Å². The van der Waals surface area contributed by atoms with E-state index in [-0.39, 0.29) is 17.9 Å². The second kappa shape index (κ2) is 5.36. The Morgan fingerprint density at radius 2 is 2.35 bits per heavy atom. The summed E-state index contributed by atoms with van der Waals surface area (Å²) in [6.45, 7) is 2.60. The molecule has 1 aromatic rings. The molecule has 1 fully saturated rings. The number of carbonyl (C=O) groups is 1. The number of nitrogens with one attached hydrogen (secondary N) is 1. The zero-order chi connectivity index (χ0) is 12.3. The predicted octanol–water partition coefficient (Wildman–Crippen LogP) is 2.02. The highest BCUT2D eigenvalue weighted by Gasteiger charge is 2.33. The first-order valence-corrected chi connectivity index (χ1v) is 6.07. The lowest BCUT2D eigenvalue weighted by atomic mass is 10.0. The number of aryl methyl sites for hydroxylation is 1. The summed E-state index contributed by atoms with van der Waals surface area (Å²) >= 11 is 0. The minimum atomic E-state index is -0.101. The van der Waals surface area contributed by atoms with Crippen molar-refractivity contribution in [3.05, 3.63) is 23.7 Å². The van der Waals surface area contributed by atoms with Crippen LogP contribution in [0.1, 0.15) is 30.8 Å². The van der Waals surface area contributed by atoms with Gasteiger partial charge in [-0.25, -0.2) is 0 Å². The van der Waals surface area contributed by atoms with E-state index in [0.717, 1.165) is 30.8 Å². The largest absolute Gasteiger partial charge is 0.469 e. The van der Waals surface area contributed by atoms with Crippen LogP contribution >= 0.6 is 0 Å². The van der Waals surface area contributed by atoms with E-state index >= 15 is 0 Å². The molecule has 0 aromatic carbocycles. The molecule has 1 saturated carbocycles. The summed E-state index contributed by atoms with van der Waals surface area (Å²) in [5.41, 5.74) is 0. The molecule has 2 atom stereocenters. The van der Waals surface area contributed by atoms with Crippen LogP contribution in [-0.4, -0.2) is 19.1 Å². The second-order valence-electron chi connectivity index (χ2n) is 4.56. The molecule has 1 N–H and O–H groups in total. The number of hydrogen-bond donors (Lipinski definition) is 1. The van der Waals surface area contributed by atoms with Crippen molar-refractivity contribution in [2.45, 2.75) is 38.8 Å². The Balaban J connectivity index is 1.88. The van der Waals surface area contributed by atoms with Crippen molar-refractivity contribution in [1.82, 2.24) is 5.32 Å². The number of ether oxygens (including phenoxy) is 1. The number of rotatable bonds is 4. The van der Waals surface area contributed by atoms with Crippen LogP contribution < -0.4 is 5.32 Å². The molecule has 0 aliphatic heterocycles. The lowest BCUT2D eigenvalue weighted by Crippen LogP contribution is -2.36. The molecular formula is C13H19NO3. The maximum atomic E-state index is 11.6. The first-order valence-electron chi connectivity index (χ1n) is 6.07. The van der Waals surface area contributed by atoms with Crippen molar-refractivity contribution in [3.8, 4) is 0 Å². The molecule has 0 amide bonds. The molecule has 0 spiro atoms. The molecule has 1 aliphatic rings. The van der Waals surface area contributed by atoms with E-state index in [1.54, 1.807) is 0 Å². The van der Waals surface area contributed by atoms with E-state index in [2.05, 4.69) is 5.32 Å². The monoisotopic (exact) mass is 237 g/mol. The molecule has 2 rings (SSSR count). The molecule has 0 bridgehead atoms. The summed E-state index contributed by atoms with van der Waals surface area (Å²) in [4.78, 5) is 11.6. The number of furan rings is 1. The van der Waals surface area contributed by atoms with Crippen LogP contribution in [-0.2, 0) is 16.1 Å². The van der Waals surface area contributed by atoms with Gasteiger partial charge in [0.15, 0.2) is 0 Å². The Bertz CT molecular complexity index is 386. The van der Waals surface area contributed by atoms with Gasteiger partial charge >= 0.3 is 5.97 Å². The van der Waals surface area contributed by atoms with Crippen LogP contribution in [0.4, 0.5) is 0 Å². The normalized spacial score (nSPS) is 23.9. The fraction of sp³-hybridized carbons (Fsp3) is 0.615. The average Bonchev–Trinajstić information content (AvgIpc) is 2.94. The van der Waals surface area contributed by atoms with Crippen LogP contribution in [0.3, 0.4) is 0 Å². The highest BCUT2D eigenvalue weighted by Crippen LogP contribution is 2.27. The second-order valence-corrected chi connectivity index (χ2v) is 4.56. The highest BCUT2D eigenvalue weighted by molar-refractivity contribution is 5.73. The van der Waals surface area contributed by atoms with E-state index in [1.807, 2.05) is 19.1 Å². The Morgan fingerprint density at radius 1 is 1.53 bits per heavy atom. The van der Waals surface area contributed by atoms with Crippen molar-refractivity contribution in [1.29, 1.82) is 0 Å². The van der Waals surface area contributed by atoms with E-state index in [0.29, 0.717) is 6.54 Å². The van der Waals surface area contributed by atoms with Gasteiger partial charge in [0.1, 0.15) is 11.5 Å². The van der Waals surface area contributed by atoms with Gasteiger partial charge in [0.2, 0.25) is 0 Å². The van der Waals surface area contributed by atoms with Crippen molar-refractivity contribution in [2.75, 3.05) is 7.11 Å². The minimum absolute atomic E-state index is 0.00365. The SMILES string of the molecule is COC(=O)[C@@H]1CCC[C@@H]1NCc1ccc(C)o1. The van der Waals surface area contributed by atoms with Gasteiger partial charge in [0.05, 0.1) is 19.6 Å². The van der Waals surface area contributed by atoms with Crippen LogP contribution in [0.25, 0.3) is 0 Å². The van der Waals surface area contributed by atoms with Gasteiger partial charge in [-0.15, -0.1) is 0 Å². The standard InChI is InChI=1S/C13H19NO3/c1-9-6-7-10(17-9)8-14-12-5-3-4-11(12)13(15)16-2/h6-7,11-12,14H,3-5,8H2,1-2H3/t11-,12+/m1/s1. The van der Waals surface area contributed by atoms with Gasteiger partial charge in [-0.05, 0) is 31.9 Å². The molecule has 4 heteroatoms. The number of carbonyl (C=O) groups excluding carboxylic acids is 1. The number of methoxy groups -OCH3 is 1. The molecule has 0 unspecified atom stereocenters. The molecule has 0 saturated heterocycles. The summed E-state index contributed by atoms with van der Waals surface area (Å²) in [5, 5.41) is 3.38. The Kier molecular flexibility index (Phi) is 3.84. The summed E-state index contributed by atoms with van der Waals surface area (Å²) in [6, 6.07) is 4.13. The van der Waals surface area contributed by atoms with Crippen LogP contribution in [0.2, 0.25) is 0 Å². The lowest BCUT2D eigenvalue weighted by Gasteiger charge is -2.18. The van der Waals surface area contributed by atoms with Gasteiger partial charge in [0.25, 0.3) is 0 Å². The average molecular weight is 237 g/mol. The van der Waals surface area contributed by atoms with Gasteiger partial charge in [0, 0.05) is 6.04 Å². The Labute approximate surface area is 101 Å². The topological polar surface area (TPSA) is 51.5 Å². The van der Waals surface area contributed by atoms with E-state index in [9.17, 15) is 4.79 Å². The molecule has 0 radical (unpaired) electrons. The summed E-state index contributed by atoms with van der Waals surface area (Å²) in [6.07, 6.45) is 3.02. The zero-order valence-corrected chi connectivity index (χ0v) is 10.4. The number of esters is 1. The summed E-state index contributed by atoms with van der Waals surface area (Å²) < 4.78 is 10.3. The van der Waals surface area contributed by atoms with Crippen LogP contribution in [0.15, 0.2) is 16.5 Å². The molecule has 17 heavy (non-hydrogen) atoms. The van der Waals surface area contributed by atoms with Crippen molar-refractivity contribution >= 4 is 5.97 Å². The molecule has 1 aliphatic carbocycles. The first-order chi connectivity index (χ1) is 8.20. The number of hydrogen-bond acceptors (Lipinski definition) is 4. The minimum Gasteiger partial charge on any atom is -0.469 e. The van der Waals surface area contributed by atoms with Crippen molar-refractivity contribution in [2.24, 2.45) is 5.92 Å². The maximum absolute atomic E-state index is 11.6. The van der Waals surface area contributed by atoms with E-state index < -0.39 is 0 Å². The Morgan fingerprint density at radius 3 is 3.00 bits per heavy atom. The summed E-state index contributed by atoms with van der Waals surface area (Å²) in [7, 11) is 1.45. The molecular weight excluding hydrogens is 218 g/mol. The maximum Gasteiger partial charge on any atom is 0.310 e. The van der Waals surface area contributed by atoms with E-state index in [1.165, 1.54) is 7.11 Å². The fourth-order valence-corrected chi connectivity index (χ4v) is 2.45. The zero-order valence-electron chi connectivity index (χ0n) is 10.4. The van der Waals surface area contributed by atoms with Gasteiger partial charge in [-0.1, -0.05) is 6.42 Å². The van der Waals surface area contributed by atoms with Gasteiger partial charge in [-0.2, -0.15) is 0 Å². The molecule has 4 nitrogen and oxygen atoms in total. The summed E-state index contributed by atoms with van der Waals surface area (Å²) in [5.74, 6) is 1.72. The van der Waals surface area contributed by atoms with Gasteiger partial charge in [-0.3, -0.25) is 4.79 Å². The predicted molar refractivity (Wildman–Crippen MR) is 63.4 cm³/mol.